The second kappa shape index (κ2) is 34.4. The molecule has 0 N–H and O–H groups in total. The number of hydrogen-bond donors (Lipinski definition) is 0. The smallest absolute Gasteiger partial charge is 0.0540 e. The summed E-state index contributed by atoms with van der Waals surface area (Å²) in [5.41, 5.74) is 24.6. The Morgan fingerprint density at radius 2 is 0.346 bits per heavy atom. The normalized spacial score (nSPS) is 11.3. The van der Waals surface area contributed by atoms with Gasteiger partial charge in [-0.2, -0.15) is 0 Å². The van der Waals surface area contributed by atoms with Gasteiger partial charge in [-0.3, -0.25) is 0 Å². The number of hydrogen-bond acceptors (Lipinski definition) is 9. The maximum absolute atomic E-state index is 2.42. The summed E-state index contributed by atoms with van der Waals surface area (Å²) in [4.78, 5) is 14.1. The highest BCUT2D eigenvalue weighted by atomic mass is 32.1. The molecule has 3 heterocycles. The van der Waals surface area contributed by atoms with Crippen LogP contribution >= 0.6 is 34.0 Å². The summed E-state index contributed by atoms with van der Waals surface area (Å²) in [7, 11) is 0. The SMILES string of the molecule is c1ccc(N(c2ccccc2)c2cccc(N(c3cccc(-c4ccc5sc6ccc(N(c7ccccc7)c7cccc8ccccc78)cc6c5c4)c3)c3ccc4sc5ccccc5c4c3)c2)cc1.c1ccc(N(c2ccccc2)c2cccc(N(c3ccccc3)c3ccc(-c4ccc5sc6ccc(N(c7ccccc7)c7ccccc7)cc6c5c4)cc3)c2)cc1. The van der Waals surface area contributed by atoms with Gasteiger partial charge >= 0.3 is 0 Å². The predicted molar refractivity (Wildman–Crippen MR) is 548 cm³/mol. The first-order valence-electron chi connectivity index (χ1n) is 42.9. The molecule has 0 radical (unpaired) electrons. The summed E-state index contributed by atoms with van der Waals surface area (Å²) in [5, 5.41) is 10.0. The number of thiophene rings is 3. The van der Waals surface area contributed by atoms with Gasteiger partial charge in [0, 0.05) is 163 Å². The van der Waals surface area contributed by atoms with Crippen molar-refractivity contribution in [1.82, 2.24) is 0 Å². The van der Waals surface area contributed by atoms with E-state index in [0.717, 1.165) is 108 Å². The zero-order valence-corrected chi connectivity index (χ0v) is 71.7. The second-order valence-corrected chi connectivity index (χ2v) is 34.8. The Labute approximate surface area is 751 Å². The fraction of sp³-hybridized carbons (Fsp3) is 0. The molecule has 0 aliphatic rings. The lowest BCUT2D eigenvalue weighted by atomic mass is 10.0. The molecule has 0 atom stereocenters. The molecule has 0 aliphatic heterocycles. The van der Waals surface area contributed by atoms with Crippen molar-refractivity contribution in [2.24, 2.45) is 0 Å². The van der Waals surface area contributed by atoms with E-state index >= 15 is 0 Å². The number of para-hydroxylation sites is 8. The van der Waals surface area contributed by atoms with Gasteiger partial charge in [-0.25, -0.2) is 0 Å². The largest absolute Gasteiger partial charge is 0.310 e. The fourth-order valence-electron chi connectivity index (χ4n) is 17.9. The van der Waals surface area contributed by atoms with E-state index in [1.807, 2.05) is 34.0 Å². The lowest BCUT2D eigenvalue weighted by Gasteiger charge is -2.29. The number of fused-ring (bicyclic) bond motifs is 10. The maximum Gasteiger partial charge on any atom is 0.0540 e. The number of rotatable bonds is 20. The minimum absolute atomic E-state index is 1.07. The molecule has 602 valence electrons. The molecule has 0 spiro atoms. The molecule has 0 bridgehead atoms. The van der Waals surface area contributed by atoms with Crippen LogP contribution in [0.4, 0.5) is 102 Å². The monoisotopic (exact) mass is 1680 g/mol. The van der Waals surface area contributed by atoms with Crippen molar-refractivity contribution >= 4 is 208 Å². The maximum atomic E-state index is 2.42. The first-order valence-corrected chi connectivity index (χ1v) is 45.4. The average Bonchev–Trinajstić information content (AvgIpc) is 1.69. The van der Waals surface area contributed by atoms with E-state index in [1.54, 1.807) is 0 Å². The van der Waals surface area contributed by atoms with E-state index in [1.165, 1.54) is 88.0 Å². The molecule has 0 amide bonds. The minimum Gasteiger partial charge on any atom is -0.310 e. The Balaban J connectivity index is 0.000000152. The van der Waals surface area contributed by atoms with Gasteiger partial charge in [0.25, 0.3) is 0 Å². The van der Waals surface area contributed by atoms with Crippen molar-refractivity contribution in [3.8, 4) is 22.3 Å². The van der Waals surface area contributed by atoms with Crippen molar-refractivity contribution in [2.45, 2.75) is 0 Å². The summed E-state index contributed by atoms with van der Waals surface area (Å²) in [5.74, 6) is 0. The molecule has 0 saturated carbocycles. The molecule has 0 aliphatic carbocycles. The highest BCUT2D eigenvalue weighted by Gasteiger charge is 2.25. The lowest BCUT2D eigenvalue weighted by Crippen LogP contribution is -2.13. The van der Waals surface area contributed by atoms with Gasteiger partial charge in [0.05, 0.1) is 5.69 Å². The zero-order valence-electron chi connectivity index (χ0n) is 69.3. The second-order valence-electron chi connectivity index (χ2n) is 31.6. The number of nitrogens with zero attached hydrogens (tertiary/aromatic N) is 6. The molecule has 20 aromatic carbocycles. The molecule has 23 rings (SSSR count). The molecular formula is C118H82N6S3. The Kier molecular flexibility index (Phi) is 20.9. The van der Waals surface area contributed by atoms with Gasteiger partial charge in [-0.15, -0.1) is 34.0 Å². The van der Waals surface area contributed by atoms with E-state index < -0.39 is 0 Å². The van der Waals surface area contributed by atoms with Crippen molar-refractivity contribution in [3.63, 3.8) is 0 Å². The van der Waals surface area contributed by atoms with Crippen molar-refractivity contribution < 1.29 is 0 Å². The summed E-state index contributed by atoms with van der Waals surface area (Å²) in [6.45, 7) is 0. The molecule has 127 heavy (non-hydrogen) atoms. The first-order chi connectivity index (χ1) is 63.0. The van der Waals surface area contributed by atoms with E-state index in [4.69, 9.17) is 0 Å². The molecule has 3 aromatic heterocycles. The highest BCUT2D eigenvalue weighted by molar-refractivity contribution is 7.26. The van der Waals surface area contributed by atoms with Crippen molar-refractivity contribution in [3.05, 3.63) is 497 Å². The Morgan fingerprint density at radius 1 is 0.118 bits per heavy atom. The summed E-state index contributed by atoms with van der Waals surface area (Å²) in [6.07, 6.45) is 0. The zero-order chi connectivity index (χ0) is 84.4. The standard InChI is InChI=1S/C64H43N3S2.C54H39N3S/c1-4-20-47(21-5-1)65(48-22-6-2-7-23-48)51-27-16-28-52(41-51)66(53-34-37-63-58(42-53)56-30-12-13-32-61(56)68-63)50-26-14-19-45(39-50)46-33-36-62-57(40-46)59-43-54(35-38-64(59)69-62)67(49-24-8-3-9-25-49)60-31-15-18-44-17-10-11-29-55(44)60;1-6-17-42(18-7-1)55(43-19-8-2-9-20-43)48-27-16-28-49(38-48)57(46-25-14-5-15-26-46)47-32-29-40(30-33-47)41-31-35-53-51(37-41)52-39-50(34-36-54(52)58-53)56(44-21-10-3-11-22-44)45-23-12-4-13-24-45/h1-43H;1-39H. The molecule has 23 aromatic rings. The number of anilines is 18. The van der Waals surface area contributed by atoms with Gasteiger partial charge in [0.15, 0.2) is 0 Å². The van der Waals surface area contributed by atoms with E-state index in [9.17, 15) is 0 Å². The predicted octanol–water partition coefficient (Wildman–Crippen LogP) is 35.8. The third-order valence-electron chi connectivity index (χ3n) is 23.8. The molecule has 6 nitrogen and oxygen atoms in total. The average molecular weight is 1680 g/mol. The Morgan fingerprint density at radius 3 is 0.748 bits per heavy atom. The summed E-state index contributed by atoms with van der Waals surface area (Å²) in [6, 6.07) is 179. The van der Waals surface area contributed by atoms with Crippen LogP contribution in [0.1, 0.15) is 0 Å². The van der Waals surface area contributed by atoms with E-state index in [2.05, 4.69) is 527 Å². The molecule has 9 heteroatoms. The van der Waals surface area contributed by atoms with E-state index in [-0.39, 0.29) is 0 Å². The van der Waals surface area contributed by atoms with Crippen LogP contribution < -0.4 is 29.4 Å². The third-order valence-corrected chi connectivity index (χ3v) is 27.2. The molecule has 0 fully saturated rings. The lowest BCUT2D eigenvalue weighted by molar-refractivity contribution is 1.25. The summed E-state index contributed by atoms with van der Waals surface area (Å²) < 4.78 is 7.69. The summed E-state index contributed by atoms with van der Waals surface area (Å²) >= 11 is 5.56. The minimum atomic E-state index is 1.07. The number of benzene rings is 20. The fourth-order valence-corrected chi connectivity index (χ4v) is 21.1. The highest BCUT2D eigenvalue weighted by Crippen LogP contribution is 2.50. The van der Waals surface area contributed by atoms with Gasteiger partial charge in [0.2, 0.25) is 0 Å². The van der Waals surface area contributed by atoms with Gasteiger partial charge in [-0.1, -0.05) is 249 Å². The van der Waals surface area contributed by atoms with Crippen LogP contribution in [0, 0.1) is 0 Å². The van der Waals surface area contributed by atoms with Crippen LogP contribution in [-0.4, -0.2) is 0 Å². The molecular weight excluding hydrogens is 1600 g/mol. The Hall–Kier alpha value is -15.9. The molecule has 0 unspecified atom stereocenters. The third kappa shape index (κ3) is 15.4. The van der Waals surface area contributed by atoms with Crippen LogP contribution in [-0.2, 0) is 0 Å². The topological polar surface area (TPSA) is 19.4 Å². The molecule has 0 saturated heterocycles. The van der Waals surface area contributed by atoms with E-state index in [0.29, 0.717) is 0 Å². The quantitative estimate of drug-likeness (QED) is 0.0752. The van der Waals surface area contributed by atoms with Crippen LogP contribution in [0.5, 0.6) is 0 Å². The van der Waals surface area contributed by atoms with Crippen LogP contribution in [0.2, 0.25) is 0 Å². The van der Waals surface area contributed by atoms with Gasteiger partial charge < -0.3 is 29.4 Å². The first kappa shape index (κ1) is 77.2. The van der Waals surface area contributed by atoms with Crippen LogP contribution in [0.3, 0.4) is 0 Å². The van der Waals surface area contributed by atoms with Crippen molar-refractivity contribution in [2.75, 3.05) is 29.4 Å². The van der Waals surface area contributed by atoms with Gasteiger partial charge in [0.1, 0.15) is 0 Å². The van der Waals surface area contributed by atoms with Crippen LogP contribution in [0.15, 0.2) is 497 Å². The van der Waals surface area contributed by atoms with Crippen LogP contribution in [0.25, 0.3) is 93.5 Å². The van der Waals surface area contributed by atoms with Crippen molar-refractivity contribution in [1.29, 1.82) is 0 Å². The Bertz CT molecular complexity index is 7720. The van der Waals surface area contributed by atoms with Gasteiger partial charge in [-0.05, 0) is 276 Å².